The van der Waals surface area contributed by atoms with Gasteiger partial charge in [0.05, 0.1) is 11.2 Å². The van der Waals surface area contributed by atoms with Crippen LogP contribution in [0.5, 0.6) is 0 Å². The van der Waals surface area contributed by atoms with Gasteiger partial charge in [-0.25, -0.2) is 0 Å². The van der Waals surface area contributed by atoms with Crippen molar-refractivity contribution < 1.29 is 0 Å². The van der Waals surface area contributed by atoms with Gasteiger partial charge in [0.1, 0.15) is 6.33 Å². The number of benzene rings is 2. The Morgan fingerprint density at radius 1 is 1.08 bits per heavy atom. The van der Waals surface area contributed by atoms with Gasteiger partial charge in [-0.2, -0.15) is 9.62 Å². The van der Waals surface area contributed by atoms with Crippen LogP contribution in [0.3, 0.4) is 0 Å². The van der Waals surface area contributed by atoms with Crippen molar-refractivity contribution in [2.24, 2.45) is 5.10 Å². The van der Waals surface area contributed by atoms with Crippen LogP contribution >= 0.6 is 23.2 Å². The lowest BCUT2D eigenvalue weighted by Crippen LogP contribution is -2.00. The Balaban J connectivity index is 1.72. The topological polar surface area (TPSA) is 67.5 Å². The van der Waals surface area contributed by atoms with E-state index in [-0.39, 0.29) is 0 Å². The number of nitrogens with one attached hydrogen (secondary N) is 1. The van der Waals surface area contributed by atoms with Gasteiger partial charge < -0.3 is 0 Å². The summed E-state index contributed by atoms with van der Waals surface area (Å²) in [6.07, 6.45) is 3.16. The van der Waals surface area contributed by atoms with E-state index in [1.807, 2.05) is 24.3 Å². The van der Waals surface area contributed by atoms with Crippen LogP contribution in [0.2, 0.25) is 10.0 Å². The maximum atomic E-state index is 6.13. The SMILES string of the molecule is Clc1ccc(C=NNc2nn3cnnc3c3ccccc23)c(Cl)c1. The van der Waals surface area contributed by atoms with Gasteiger partial charge in [0.25, 0.3) is 0 Å². The highest BCUT2D eigenvalue weighted by molar-refractivity contribution is 6.36. The van der Waals surface area contributed by atoms with Gasteiger partial charge in [-0.15, -0.1) is 15.3 Å². The Hall–Kier alpha value is -2.70. The first-order valence-electron chi connectivity index (χ1n) is 7.05. The van der Waals surface area contributed by atoms with E-state index < -0.39 is 0 Å². The molecule has 0 saturated heterocycles. The number of hydrogen-bond donors (Lipinski definition) is 1. The number of fused-ring (bicyclic) bond motifs is 3. The van der Waals surface area contributed by atoms with E-state index in [0.29, 0.717) is 21.5 Å². The predicted molar refractivity (Wildman–Crippen MR) is 96.0 cm³/mol. The van der Waals surface area contributed by atoms with Crippen molar-refractivity contribution in [2.45, 2.75) is 0 Å². The normalized spacial score (nSPS) is 11.6. The Bertz CT molecular complexity index is 1070. The van der Waals surface area contributed by atoms with Crippen molar-refractivity contribution >= 4 is 51.7 Å². The molecule has 4 rings (SSSR count). The van der Waals surface area contributed by atoms with Gasteiger partial charge in [0.2, 0.25) is 0 Å². The molecule has 0 fully saturated rings. The quantitative estimate of drug-likeness (QED) is 0.444. The van der Waals surface area contributed by atoms with Crippen molar-refractivity contribution in [1.29, 1.82) is 0 Å². The average Bonchev–Trinajstić information content (AvgIpc) is 3.05. The molecular formula is C16H10Cl2N6. The zero-order valence-corrected chi connectivity index (χ0v) is 13.7. The van der Waals surface area contributed by atoms with Crippen molar-refractivity contribution in [3.63, 3.8) is 0 Å². The van der Waals surface area contributed by atoms with Gasteiger partial charge in [0, 0.05) is 21.4 Å². The summed E-state index contributed by atoms with van der Waals surface area (Å²) in [5.74, 6) is 0.597. The predicted octanol–water partition coefficient (Wildman–Crippen LogP) is 4.03. The second-order valence-corrected chi connectivity index (χ2v) is 5.87. The molecule has 2 heterocycles. The maximum Gasteiger partial charge on any atom is 0.185 e. The molecule has 2 aromatic carbocycles. The van der Waals surface area contributed by atoms with Gasteiger partial charge in [-0.05, 0) is 12.1 Å². The highest BCUT2D eigenvalue weighted by Gasteiger charge is 2.08. The number of nitrogens with zero attached hydrogens (tertiary/aromatic N) is 5. The largest absolute Gasteiger partial charge is 0.259 e. The van der Waals surface area contributed by atoms with E-state index >= 15 is 0 Å². The second kappa shape index (κ2) is 6.07. The average molecular weight is 357 g/mol. The molecule has 24 heavy (non-hydrogen) atoms. The van der Waals surface area contributed by atoms with E-state index in [4.69, 9.17) is 23.2 Å². The third-order valence-electron chi connectivity index (χ3n) is 3.50. The fraction of sp³-hybridized carbons (Fsp3) is 0. The molecule has 0 spiro atoms. The summed E-state index contributed by atoms with van der Waals surface area (Å²) in [7, 11) is 0. The van der Waals surface area contributed by atoms with Crippen LogP contribution in [0, 0.1) is 0 Å². The number of hydrazone groups is 1. The smallest absolute Gasteiger partial charge is 0.185 e. The number of hydrogen-bond acceptors (Lipinski definition) is 5. The molecule has 0 saturated carbocycles. The summed E-state index contributed by atoms with van der Waals surface area (Å²) in [5, 5.41) is 19.6. The number of anilines is 1. The zero-order valence-electron chi connectivity index (χ0n) is 12.2. The van der Waals surface area contributed by atoms with Crippen molar-refractivity contribution in [3.8, 4) is 0 Å². The first-order chi connectivity index (χ1) is 11.7. The van der Waals surface area contributed by atoms with Crippen LogP contribution in [0.25, 0.3) is 16.4 Å². The molecule has 0 radical (unpaired) electrons. The summed E-state index contributed by atoms with van der Waals surface area (Å²) in [6.45, 7) is 0. The Morgan fingerprint density at radius 2 is 1.92 bits per heavy atom. The second-order valence-electron chi connectivity index (χ2n) is 5.03. The molecule has 1 N–H and O–H groups in total. The minimum atomic E-state index is 0.528. The van der Waals surface area contributed by atoms with E-state index in [0.717, 1.165) is 16.3 Å². The fourth-order valence-corrected chi connectivity index (χ4v) is 2.84. The molecule has 8 heteroatoms. The van der Waals surface area contributed by atoms with E-state index in [2.05, 4.69) is 25.8 Å². The van der Waals surface area contributed by atoms with Crippen LogP contribution in [-0.2, 0) is 0 Å². The molecule has 6 nitrogen and oxygen atoms in total. The fourth-order valence-electron chi connectivity index (χ4n) is 2.38. The summed E-state index contributed by atoms with van der Waals surface area (Å²) in [6, 6.07) is 13.0. The third-order valence-corrected chi connectivity index (χ3v) is 4.06. The molecule has 0 unspecified atom stereocenters. The van der Waals surface area contributed by atoms with Crippen LogP contribution in [0.4, 0.5) is 5.82 Å². The summed E-state index contributed by atoms with van der Waals surface area (Å²) >= 11 is 12.0. The van der Waals surface area contributed by atoms with Crippen molar-refractivity contribution in [1.82, 2.24) is 19.8 Å². The monoisotopic (exact) mass is 356 g/mol. The molecule has 0 atom stereocenters. The van der Waals surface area contributed by atoms with E-state index in [9.17, 15) is 0 Å². The molecule has 2 aromatic heterocycles. The molecule has 0 aliphatic rings. The van der Waals surface area contributed by atoms with Crippen molar-refractivity contribution in [3.05, 3.63) is 64.4 Å². The van der Waals surface area contributed by atoms with E-state index in [1.54, 1.807) is 35.3 Å². The lowest BCUT2D eigenvalue weighted by molar-refractivity contribution is 0.934. The number of halogens is 2. The first-order valence-corrected chi connectivity index (χ1v) is 7.81. The standard InChI is InChI=1S/C16H10Cl2N6/c17-11-6-5-10(14(18)7-11)8-19-21-15-12-3-1-2-4-13(12)16-22-20-9-24(16)23-15/h1-9H,(H,21,23). The van der Waals surface area contributed by atoms with Crippen LogP contribution in [0.1, 0.15) is 5.56 Å². The van der Waals surface area contributed by atoms with Crippen molar-refractivity contribution in [2.75, 3.05) is 5.43 Å². The summed E-state index contributed by atoms with van der Waals surface area (Å²) in [5.41, 5.74) is 4.40. The van der Waals surface area contributed by atoms with Crippen LogP contribution < -0.4 is 5.43 Å². The third kappa shape index (κ3) is 2.66. The Kier molecular flexibility index (Phi) is 3.76. The lowest BCUT2D eigenvalue weighted by atomic mass is 10.2. The molecule has 4 aromatic rings. The van der Waals surface area contributed by atoms with E-state index in [1.165, 1.54) is 0 Å². The van der Waals surface area contributed by atoms with Crippen LogP contribution in [0.15, 0.2) is 53.9 Å². The Morgan fingerprint density at radius 3 is 2.75 bits per heavy atom. The maximum absolute atomic E-state index is 6.13. The van der Waals surface area contributed by atoms with Gasteiger partial charge >= 0.3 is 0 Å². The minimum Gasteiger partial charge on any atom is -0.259 e. The molecule has 0 aliphatic carbocycles. The molecule has 0 bridgehead atoms. The summed E-state index contributed by atoms with van der Waals surface area (Å²) in [4.78, 5) is 0. The van der Waals surface area contributed by atoms with Gasteiger partial charge in [-0.3, -0.25) is 5.43 Å². The first kappa shape index (κ1) is 14.9. The zero-order chi connectivity index (χ0) is 16.5. The number of rotatable bonds is 3. The summed E-state index contributed by atoms with van der Waals surface area (Å²) < 4.78 is 1.61. The lowest BCUT2D eigenvalue weighted by Gasteiger charge is -2.06. The van der Waals surface area contributed by atoms with Crippen LogP contribution in [-0.4, -0.2) is 26.0 Å². The number of aromatic nitrogens is 4. The van der Waals surface area contributed by atoms with Gasteiger partial charge in [-0.1, -0.05) is 53.5 Å². The minimum absolute atomic E-state index is 0.528. The molecule has 118 valence electrons. The highest BCUT2D eigenvalue weighted by atomic mass is 35.5. The molecule has 0 aliphatic heterocycles. The molecule has 0 amide bonds. The highest BCUT2D eigenvalue weighted by Crippen LogP contribution is 2.24. The van der Waals surface area contributed by atoms with Gasteiger partial charge in [0.15, 0.2) is 11.5 Å². The molecular weight excluding hydrogens is 347 g/mol. The Labute approximate surface area is 146 Å².